The van der Waals surface area contributed by atoms with Crippen LogP contribution in [0.3, 0.4) is 0 Å². The molecule has 0 bridgehead atoms. The number of hydrogen-bond acceptors (Lipinski definition) is 4. The highest BCUT2D eigenvalue weighted by molar-refractivity contribution is 5.98. The number of amides is 1. The number of likely N-dealkylation sites (tertiary alicyclic amines) is 1. The number of nitrogens with zero attached hydrogens (tertiary/aromatic N) is 2. The summed E-state index contributed by atoms with van der Waals surface area (Å²) in [6.45, 7) is -0.557. The first-order valence-corrected chi connectivity index (χ1v) is 8.87. The second kappa shape index (κ2) is 8.41. The standard InChI is InChI=1S/C20H19F3N2O3/c21-20(22,23)13-28-17-7-6-16(12-24-17)19(27)25-10-8-15(9-11-25)18(26)14-4-2-1-3-5-14/h1-7,12,15H,8-11,13H2. The lowest BCUT2D eigenvalue weighted by Crippen LogP contribution is -2.40. The number of ether oxygens (including phenoxy) is 1. The lowest BCUT2D eigenvalue weighted by atomic mass is 9.89. The van der Waals surface area contributed by atoms with Gasteiger partial charge >= 0.3 is 6.18 Å². The summed E-state index contributed by atoms with van der Waals surface area (Å²) < 4.78 is 41.0. The molecule has 5 nitrogen and oxygen atoms in total. The van der Waals surface area contributed by atoms with Crippen LogP contribution in [0.1, 0.15) is 33.6 Å². The molecular weight excluding hydrogens is 373 g/mol. The Morgan fingerprint density at radius 2 is 1.71 bits per heavy atom. The van der Waals surface area contributed by atoms with Gasteiger partial charge in [-0.05, 0) is 18.9 Å². The number of piperidine rings is 1. The zero-order valence-corrected chi connectivity index (χ0v) is 15.0. The van der Waals surface area contributed by atoms with E-state index in [4.69, 9.17) is 0 Å². The fraction of sp³-hybridized carbons (Fsp3) is 0.350. The first-order chi connectivity index (χ1) is 13.3. The van der Waals surface area contributed by atoms with E-state index in [0.717, 1.165) is 0 Å². The van der Waals surface area contributed by atoms with Crippen molar-refractivity contribution in [2.24, 2.45) is 5.92 Å². The molecule has 28 heavy (non-hydrogen) atoms. The number of halogens is 3. The molecule has 1 aromatic heterocycles. The van der Waals surface area contributed by atoms with Gasteiger partial charge in [-0.1, -0.05) is 30.3 Å². The molecule has 3 rings (SSSR count). The summed E-state index contributed by atoms with van der Waals surface area (Å²) in [6.07, 6.45) is -2.10. The maximum atomic E-state index is 12.6. The summed E-state index contributed by atoms with van der Waals surface area (Å²) in [7, 11) is 0. The fourth-order valence-corrected chi connectivity index (χ4v) is 3.11. The van der Waals surface area contributed by atoms with Gasteiger partial charge in [0.15, 0.2) is 12.4 Å². The van der Waals surface area contributed by atoms with Gasteiger partial charge in [0.25, 0.3) is 5.91 Å². The molecule has 2 heterocycles. The maximum absolute atomic E-state index is 12.6. The first-order valence-electron chi connectivity index (χ1n) is 8.87. The Bertz CT molecular complexity index is 815. The smallest absolute Gasteiger partial charge is 0.422 e. The molecule has 0 radical (unpaired) electrons. The Labute approximate surface area is 160 Å². The summed E-state index contributed by atoms with van der Waals surface area (Å²) in [5.41, 5.74) is 0.943. The van der Waals surface area contributed by atoms with Crippen molar-refractivity contribution in [3.63, 3.8) is 0 Å². The summed E-state index contributed by atoms with van der Waals surface area (Å²) >= 11 is 0. The van der Waals surface area contributed by atoms with E-state index in [-0.39, 0.29) is 29.1 Å². The largest absolute Gasteiger partial charge is 0.468 e. The van der Waals surface area contributed by atoms with Gasteiger partial charge in [0.1, 0.15) is 0 Å². The number of carbonyl (C=O) groups is 2. The third-order valence-corrected chi connectivity index (χ3v) is 4.58. The van der Waals surface area contributed by atoms with E-state index in [1.54, 1.807) is 17.0 Å². The first kappa shape index (κ1) is 19.9. The summed E-state index contributed by atoms with van der Waals surface area (Å²) in [4.78, 5) is 30.4. The Morgan fingerprint density at radius 1 is 1.04 bits per heavy atom. The summed E-state index contributed by atoms with van der Waals surface area (Å²) in [5.74, 6) is -0.496. The van der Waals surface area contributed by atoms with Gasteiger partial charge in [-0.25, -0.2) is 4.98 Å². The molecular formula is C20H19F3N2O3. The van der Waals surface area contributed by atoms with Crippen molar-refractivity contribution >= 4 is 11.7 Å². The summed E-state index contributed by atoms with van der Waals surface area (Å²) in [5, 5.41) is 0. The van der Waals surface area contributed by atoms with Crippen molar-refractivity contribution in [3.8, 4) is 5.88 Å². The minimum atomic E-state index is -4.45. The highest BCUT2D eigenvalue weighted by Gasteiger charge is 2.30. The van der Waals surface area contributed by atoms with Crippen molar-refractivity contribution in [3.05, 3.63) is 59.8 Å². The minimum Gasteiger partial charge on any atom is -0.468 e. The van der Waals surface area contributed by atoms with E-state index < -0.39 is 12.8 Å². The van der Waals surface area contributed by atoms with Gasteiger partial charge in [0.05, 0.1) is 5.56 Å². The number of pyridine rings is 1. The van der Waals surface area contributed by atoms with Crippen LogP contribution >= 0.6 is 0 Å². The van der Waals surface area contributed by atoms with Gasteiger partial charge in [-0.2, -0.15) is 13.2 Å². The summed E-state index contributed by atoms with van der Waals surface area (Å²) in [6, 6.07) is 11.7. The van der Waals surface area contributed by atoms with Crippen LogP contribution in [0.5, 0.6) is 5.88 Å². The van der Waals surface area contributed by atoms with E-state index in [1.165, 1.54) is 18.3 Å². The van der Waals surface area contributed by atoms with E-state index in [1.807, 2.05) is 18.2 Å². The van der Waals surface area contributed by atoms with Gasteiger partial charge in [-0.3, -0.25) is 9.59 Å². The molecule has 1 saturated heterocycles. The van der Waals surface area contributed by atoms with Crippen LogP contribution in [0.25, 0.3) is 0 Å². The van der Waals surface area contributed by atoms with E-state index in [0.29, 0.717) is 31.5 Å². The van der Waals surface area contributed by atoms with Crippen LogP contribution in [-0.2, 0) is 0 Å². The minimum absolute atomic E-state index is 0.0838. The van der Waals surface area contributed by atoms with Crippen molar-refractivity contribution in [1.82, 2.24) is 9.88 Å². The predicted molar refractivity (Wildman–Crippen MR) is 95.2 cm³/mol. The van der Waals surface area contributed by atoms with Gasteiger partial charge in [-0.15, -0.1) is 0 Å². The highest BCUT2D eigenvalue weighted by Crippen LogP contribution is 2.23. The van der Waals surface area contributed by atoms with E-state index in [9.17, 15) is 22.8 Å². The lowest BCUT2D eigenvalue weighted by Gasteiger charge is -2.31. The van der Waals surface area contributed by atoms with Crippen LogP contribution in [0.2, 0.25) is 0 Å². The predicted octanol–water partition coefficient (Wildman–Crippen LogP) is 3.76. The third kappa shape index (κ3) is 5.09. The lowest BCUT2D eigenvalue weighted by molar-refractivity contribution is -0.154. The number of carbonyl (C=O) groups excluding carboxylic acids is 2. The number of alkyl halides is 3. The zero-order valence-electron chi connectivity index (χ0n) is 15.0. The molecule has 1 aliphatic rings. The molecule has 8 heteroatoms. The molecule has 0 saturated carbocycles. The molecule has 2 aromatic rings. The molecule has 0 spiro atoms. The highest BCUT2D eigenvalue weighted by atomic mass is 19.4. The number of benzene rings is 1. The SMILES string of the molecule is O=C(c1ccccc1)C1CCN(C(=O)c2ccc(OCC(F)(F)F)nc2)CC1. The Hall–Kier alpha value is -2.90. The molecule has 1 aliphatic heterocycles. The van der Waals surface area contributed by atoms with Gasteiger partial charge in [0.2, 0.25) is 5.88 Å². The van der Waals surface area contributed by atoms with Crippen LogP contribution in [0.15, 0.2) is 48.7 Å². The molecule has 0 unspecified atom stereocenters. The monoisotopic (exact) mass is 392 g/mol. The second-order valence-corrected chi connectivity index (χ2v) is 6.59. The average Bonchev–Trinajstić information content (AvgIpc) is 2.72. The van der Waals surface area contributed by atoms with Gasteiger partial charge < -0.3 is 9.64 Å². The van der Waals surface area contributed by atoms with E-state index in [2.05, 4.69) is 9.72 Å². The van der Waals surface area contributed by atoms with Crippen LogP contribution < -0.4 is 4.74 Å². The fourth-order valence-electron chi connectivity index (χ4n) is 3.11. The Balaban J connectivity index is 1.54. The number of rotatable bonds is 5. The average molecular weight is 392 g/mol. The number of Topliss-reactive ketones (excluding diaryl/α,β-unsaturated/α-hetero) is 1. The van der Waals surface area contributed by atoms with Crippen LogP contribution in [0.4, 0.5) is 13.2 Å². The Morgan fingerprint density at radius 3 is 2.29 bits per heavy atom. The number of hydrogen-bond donors (Lipinski definition) is 0. The van der Waals surface area contributed by atoms with E-state index >= 15 is 0 Å². The molecule has 0 aliphatic carbocycles. The zero-order chi connectivity index (χ0) is 20.1. The van der Waals surface area contributed by atoms with Crippen molar-refractivity contribution in [2.45, 2.75) is 19.0 Å². The van der Waals surface area contributed by atoms with Crippen LogP contribution in [-0.4, -0.2) is 47.4 Å². The third-order valence-electron chi connectivity index (χ3n) is 4.58. The maximum Gasteiger partial charge on any atom is 0.422 e. The topological polar surface area (TPSA) is 59.5 Å². The van der Waals surface area contributed by atoms with Crippen LogP contribution in [0, 0.1) is 5.92 Å². The number of ketones is 1. The molecule has 1 fully saturated rings. The molecule has 148 valence electrons. The van der Waals surface area contributed by atoms with Crippen molar-refractivity contribution in [2.75, 3.05) is 19.7 Å². The van der Waals surface area contributed by atoms with Crippen molar-refractivity contribution < 1.29 is 27.5 Å². The number of aromatic nitrogens is 1. The Kier molecular flexibility index (Phi) is 5.96. The van der Waals surface area contributed by atoms with Crippen molar-refractivity contribution in [1.29, 1.82) is 0 Å². The quantitative estimate of drug-likeness (QED) is 0.727. The molecule has 0 N–H and O–H groups in total. The van der Waals surface area contributed by atoms with Gasteiger partial charge in [0, 0.05) is 36.8 Å². The normalized spacial score (nSPS) is 15.3. The molecule has 0 atom stereocenters. The molecule has 1 amide bonds. The second-order valence-electron chi connectivity index (χ2n) is 6.59. The molecule has 1 aromatic carbocycles.